The molecule has 0 amide bonds. The van der Waals surface area contributed by atoms with Crippen LogP contribution in [0.25, 0.3) is 22.5 Å². The maximum Gasteiger partial charge on any atom is 0.314 e. The Labute approximate surface area is 225 Å². The maximum absolute atomic E-state index is 11.6. The average Bonchev–Trinajstić information content (AvgIpc) is 3.50. The van der Waals surface area contributed by atoms with Gasteiger partial charge in [-0.15, -0.1) is 5.10 Å². The van der Waals surface area contributed by atoms with Crippen molar-refractivity contribution in [3.8, 4) is 22.5 Å². The molecule has 2 aromatic heterocycles. The molecule has 0 aliphatic heterocycles. The number of aliphatic hydroxyl groups is 1. The lowest BCUT2D eigenvalue weighted by molar-refractivity contribution is -0.140. The lowest BCUT2D eigenvalue weighted by Gasteiger charge is -2.11. The molecule has 196 valence electrons. The van der Waals surface area contributed by atoms with Gasteiger partial charge in [0.05, 0.1) is 22.9 Å². The minimum absolute atomic E-state index is 0.433. The van der Waals surface area contributed by atoms with E-state index in [1.807, 2.05) is 66.7 Å². The second kappa shape index (κ2) is 9.96. The highest BCUT2D eigenvalue weighted by molar-refractivity contribution is 5.85. The van der Waals surface area contributed by atoms with Crippen molar-refractivity contribution >= 4 is 5.97 Å². The first-order valence-electron chi connectivity index (χ1n) is 13.0. The average molecular weight is 521 g/mol. The molecule has 0 radical (unpaired) electrons. The van der Waals surface area contributed by atoms with E-state index in [1.54, 1.807) is 17.8 Å². The van der Waals surface area contributed by atoms with E-state index in [9.17, 15) is 15.0 Å². The Bertz CT molecular complexity index is 1600. The fraction of sp³-hybridized carbons (Fsp3) is 0.226. The predicted octanol–water partition coefficient (Wildman–Crippen LogP) is 5.35. The third kappa shape index (κ3) is 4.75. The summed E-state index contributed by atoms with van der Waals surface area (Å²) in [5, 5.41) is 33.3. The summed E-state index contributed by atoms with van der Waals surface area (Å²) < 4.78 is 7.38. The van der Waals surface area contributed by atoms with Gasteiger partial charge in [-0.2, -0.15) is 0 Å². The number of benzene rings is 3. The van der Waals surface area contributed by atoms with Crippen LogP contribution in [-0.4, -0.2) is 36.3 Å². The first kappa shape index (κ1) is 24.8. The summed E-state index contributed by atoms with van der Waals surface area (Å²) in [6, 6.07) is 25.7. The molecule has 2 heterocycles. The Hall–Kier alpha value is -4.56. The van der Waals surface area contributed by atoms with E-state index in [0.717, 1.165) is 28.7 Å². The molecular formula is C31H28N4O4. The lowest BCUT2D eigenvalue weighted by Crippen LogP contribution is -2.19. The van der Waals surface area contributed by atoms with Gasteiger partial charge in [0.25, 0.3) is 0 Å². The molecule has 1 aliphatic carbocycles. The second-order valence-electron chi connectivity index (χ2n) is 10.1. The quantitative estimate of drug-likeness (QED) is 0.269. The zero-order chi connectivity index (χ0) is 27.0. The molecule has 3 aromatic carbocycles. The molecule has 1 saturated carbocycles. The first-order valence-corrected chi connectivity index (χ1v) is 13.0. The minimum Gasteiger partial charge on any atom is -0.481 e. The van der Waals surface area contributed by atoms with E-state index in [2.05, 4.69) is 27.6 Å². The van der Waals surface area contributed by atoms with Crippen molar-refractivity contribution in [2.24, 2.45) is 0 Å². The largest absolute Gasteiger partial charge is 0.481 e. The molecular weight excluding hydrogens is 492 g/mol. The first-order chi connectivity index (χ1) is 18.9. The highest BCUT2D eigenvalue weighted by atomic mass is 16.5. The number of aliphatic hydroxyl groups excluding tert-OH is 1. The Morgan fingerprint density at radius 3 is 2.26 bits per heavy atom. The number of aryl methyl sites for hydroxylation is 3. The van der Waals surface area contributed by atoms with Gasteiger partial charge in [0.1, 0.15) is 11.8 Å². The summed E-state index contributed by atoms with van der Waals surface area (Å²) in [4.78, 5) is 11.6. The van der Waals surface area contributed by atoms with Crippen molar-refractivity contribution in [3.05, 3.63) is 113 Å². The normalized spacial score (nSPS) is 14.7. The van der Waals surface area contributed by atoms with Gasteiger partial charge in [-0.25, -0.2) is 0 Å². The zero-order valence-corrected chi connectivity index (χ0v) is 21.5. The van der Waals surface area contributed by atoms with Gasteiger partial charge in [0.15, 0.2) is 5.76 Å². The minimum atomic E-state index is -1.03. The van der Waals surface area contributed by atoms with E-state index < -0.39 is 17.5 Å². The summed E-state index contributed by atoms with van der Waals surface area (Å²) >= 11 is 0. The van der Waals surface area contributed by atoms with Crippen molar-refractivity contribution in [3.63, 3.8) is 0 Å². The van der Waals surface area contributed by atoms with Crippen LogP contribution in [0.1, 0.15) is 47.0 Å². The van der Waals surface area contributed by atoms with Crippen molar-refractivity contribution < 1.29 is 19.5 Å². The maximum atomic E-state index is 11.6. The molecule has 8 heteroatoms. The third-order valence-electron chi connectivity index (χ3n) is 7.57. The molecule has 6 rings (SSSR count). The Kier molecular flexibility index (Phi) is 6.32. The molecule has 1 aliphatic rings. The number of nitrogens with zero attached hydrogens (tertiary/aromatic N) is 4. The van der Waals surface area contributed by atoms with E-state index in [4.69, 9.17) is 4.52 Å². The summed E-state index contributed by atoms with van der Waals surface area (Å²) in [6.45, 7) is 2.45. The van der Waals surface area contributed by atoms with E-state index in [0.29, 0.717) is 42.1 Å². The Morgan fingerprint density at radius 1 is 0.974 bits per heavy atom. The van der Waals surface area contributed by atoms with Crippen LogP contribution in [0, 0.1) is 6.92 Å². The van der Waals surface area contributed by atoms with Crippen LogP contribution in [-0.2, 0) is 23.2 Å². The van der Waals surface area contributed by atoms with Crippen molar-refractivity contribution in [2.45, 2.75) is 44.2 Å². The van der Waals surface area contributed by atoms with Crippen LogP contribution in [0.4, 0.5) is 0 Å². The summed E-state index contributed by atoms with van der Waals surface area (Å²) in [5.74, 6) is -0.271. The van der Waals surface area contributed by atoms with Gasteiger partial charge in [-0.05, 0) is 48.4 Å². The molecule has 0 spiro atoms. The van der Waals surface area contributed by atoms with Gasteiger partial charge in [-0.3, -0.25) is 9.48 Å². The molecule has 1 fully saturated rings. The van der Waals surface area contributed by atoms with Crippen LogP contribution < -0.4 is 0 Å². The van der Waals surface area contributed by atoms with Gasteiger partial charge < -0.3 is 14.7 Å². The second-order valence-corrected chi connectivity index (χ2v) is 10.1. The van der Waals surface area contributed by atoms with Crippen molar-refractivity contribution in [1.29, 1.82) is 0 Å². The van der Waals surface area contributed by atoms with E-state index in [-0.39, 0.29) is 0 Å². The fourth-order valence-corrected chi connectivity index (χ4v) is 5.04. The summed E-state index contributed by atoms with van der Waals surface area (Å²) in [7, 11) is 0. The zero-order valence-electron chi connectivity index (χ0n) is 21.5. The monoisotopic (exact) mass is 520 g/mol. The standard InChI is InChI=1S/C31H28N4O4/c1-20-27(28(36)26-19-35(34-32-26)18-15-21-5-3-2-4-6-21)29(39-33-20)24-9-7-22(8-10-24)23-11-13-25(14-12-23)31(16-17-31)30(37)38/h2-14,19,28,36H,15-18H2,1H3,(H,37,38)/t28-/m0/s1. The lowest BCUT2D eigenvalue weighted by atomic mass is 9.93. The number of carbonyl (C=O) groups is 1. The van der Waals surface area contributed by atoms with Crippen LogP contribution in [0.3, 0.4) is 0 Å². The van der Waals surface area contributed by atoms with Crippen LogP contribution in [0.5, 0.6) is 0 Å². The summed E-state index contributed by atoms with van der Waals surface area (Å²) in [5.41, 5.74) is 5.69. The van der Waals surface area contributed by atoms with Crippen LogP contribution >= 0.6 is 0 Å². The van der Waals surface area contributed by atoms with Crippen LogP contribution in [0.15, 0.2) is 89.6 Å². The number of carboxylic acid groups (broad SMARTS) is 1. The molecule has 0 saturated heterocycles. The topological polar surface area (TPSA) is 114 Å². The van der Waals surface area contributed by atoms with Gasteiger partial charge in [0, 0.05) is 12.1 Å². The van der Waals surface area contributed by atoms with E-state index in [1.165, 1.54) is 5.56 Å². The smallest absolute Gasteiger partial charge is 0.314 e. The predicted molar refractivity (Wildman–Crippen MR) is 145 cm³/mol. The van der Waals surface area contributed by atoms with Gasteiger partial charge in [0.2, 0.25) is 0 Å². The van der Waals surface area contributed by atoms with Crippen LogP contribution in [0.2, 0.25) is 0 Å². The fourth-order valence-electron chi connectivity index (χ4n) is 5.04. The molecule has 8 nitrogen and oxygen atoms in total. The molecule has 1 atom stereocenters. The molecule has 5 aromatic rings. The Morgan fingerprint density at radius 2 is 1.62 bits per heavy atom. The molecule has 0 bridgehead atoms. The highest BCUT2D eigenvalue weighted by Gasteiger charge is 2.51. The van der Waals surface area contributed by atoms with Crippen molar-refractivity contribution in [1.82, 2.24) is 20.2 Å². The molecule has 39 heavy (non-hydrogen) atoms. The SMILES string of the molecule is Cc1noc(-c2ccc(-c3ccc(C4(C(=O)O)CC4)cc3)cc2)c1[C@@H](O)c1cn(CCc2ccccc2)nn1. The van der Waals surface area contributed by atoms with E-state index >= 15 is 0 Å². The number of hydrogen-bond donors (Lipinski definition) is 2. The van der Waals surface area contributed by atoms with Gasteiger partial charge in [-0.1, -0.05) is 89.2 Å². The number of aromatic nitrogens is 4. The van der Waals surface area contributed by atoms with Gasteiger partial charge >= 0.3 is 5.97 Å². The summed E-state index contributed by atoms with van der Waals surface area (Å²) in [6.07, 6.45) is 2.91. The number of carboxylic acids is 1. The number of rotatable bonds is 9. The Balaban J connectivity index is 1.19. The molecule has 2 N–H and O–H groups in total. The third-order valence-corrected chi connectivity index (χ3v) is 7.57. The molecule has 0 unspecified atom stereocenters. The van der Waals surface area contributed by atoms with Crippen molar-refractivity contribution in [2.75, 3.05) is 0 Å². The highest BCUT2D eigenvalue weighted by Crippen LogP contribution is 2.48. The number of hydrogen-bond acceptors (Lipinski definition) is 6. The number of aliphatic carboxylic acids is 1.